The smallest absolute Gasteiger partial charge is 0.167 e. The zero-order valence-corrected chi connectivity index (χ0v) is 16.3. The van der Waals surface area contributed by atoms with E-state index < -0.39 is 31.1 Å². The molecule has 1 fully saturated rings. The van der Waals surface area contributed by atoms with Crippen molar-refractivity contribution >= 4 is 39.6 Å². The van der Waals surface area contributed by atoms with Crippen LogP contribution in [0.5, 0.6) is 0 Å². The van der Waals surface area contributed by atoms with Crippen molar-refractivity contribution in [1.82, 2.24) is 19.5 Å². The number of imidazole rings is 1. The lowest BCUT2D eigenvalue weighted by Gasteiger charge is -2.16. The molecular formula is C17H18IN5O4. The summed E-state index contributed by atoms with van der Waals surface area (Å²) in [5, 5.41) is 32.8. The second-order valence-corrected chi connectivity index (χ2v) is 7.38. The highest BCUT2D eigenvalue weighted by atomic mass is 127. The Hall–Kier alpha value is -1.86. The molecule has 3 heterocycles. The van der Waals surface area contributed by atoms with Crippen LogP contribution in [0, 0.1) is 3.57 Å². The van der Waals surface area contributed by atoms with E-state index >= 15 is 0 Å². The third-order valence-electron chi connectivity index (χ3n) is 4.55. The fourth-order valence-electron chi connectivity index (χ4n) is 3.10. The minimum Gasteiger partial charge on any atom is -0.394 e. The van der Waals surface area contributed by atoms with E-state index in [2.05, 4.69) is 42.9 Å². The summed E-state index contributed by atoms with van der Waals surface area (Å²) in [6, 6.07) is 8.02. The number of hydrogen-bond donors (Lipinski definition) is 4. The number of anilines is 1. The molecule has 0 aliphatic carbocycles. The second kappa shape index (κ2) is 7.64. The van der Waals surface area contributed by atoms with Crippen LogP contribution in [0.15, 0.2) is 36.9 Å². The van der Waals surface area contributed by atoms with Crippen molar-refractivity contribution in [3.8, 4) is 0 Å². The third kappa shape index (κ3) is 3.38. The van der Waals surface area contributed by atoms with Crippen molar-refractivity contribution < 1.29 is 20.1 Å². The predicted octanol–water partition coefficient (Wildman–Crippen LogP) is 0.654. The number of ether oxygens (including phenoxy) is 1. The average molecular weight is 483 g/mol. The van der Waals surface area contributed by atoms with E-state index in [9.17, 15) is 15.3 Å². The number of aliphatic hydroxyl groups excluding tert-OH is 3. The summed E-state index contributed by atoms with van der Waals surface area (Å²) in [5.41, 5.74) is 2.12. The summed E-state index contributed by atoms with van der Waals surface area (Å²) in [6.45, 7) is 0.185. The van der Waals surface area contributed by atoms with Crippen LogP contribution in [-0.4, -0.2) is 59.8 Å². The average Bonchev–Trinajstić information content (AvgIpc) is 3.23. The van der Waals surface area contributed by atoms with E-state index in [1.807, 2.05) is 24.3 Å². The molecule has 4 rings (SSSR count). The van der Waals surface area contributed by atoms with E-state index in [-0.39, 0.29) is 0 Å². The number of nitrogens with zero attached hydrogens (tertiary/aromatic N) is 4. The van der Waals surface area contributed by atoms with Gasteiger partial charge in [-0.05, 0) is 34.2 Å². The standard InChI is InChI=1S/C17H18IN5O4/c18-10-4-2-1-3-9(10)5-19-15-12-16(21-7-20-15)23(8-22-12)17-14(26)13(25)11(6-24)27-17/h1-4,7-8,11,13-14,17,24-26H,5-6H2,(H,19,20,21)/t11-,13-,14+,17?/m1/s1. The van der Waals surface area contributed by atoms with E-state index in [0.29, 0.717) is 23.5 Å². The molecule has 0 saturated carbocycles. The number of hydrogen-bond acceptors (Lipinski definition) is 8. The number of aliphatic hydroxyl groups is 3. The molecule has 0 bridgehead atoms. The molecule has 142 valence electrons. The van der Waals surface area contributed by atoms with E-state index in [0.717, 1.165) is 9.13 Å². The molecule has 1 aliphatic rings. The maximum Gasteiger partial charge on any atom is 0.167 e. The quantitative estimate of drug-likeness (QED) is 0.390. The molecule has 1 aromatic carbocycles. The summed E-state index contributed by atoms with van der Waals surface area (Å²) in [4.78, 5) is 12.9. The zero-order valence-electron chi connectivity index (χ0n) is 14.1. The third-order valence-corrected chi connectivity index (χ3v) is 5.61. The minimum absolute atomic E-state index is 0.390. The van der Waals surface area contributed by atoms with Gasteiger partial charge in [0.25, 0.3) is 0 Å². The predicted molar refractivity (Wildman–Crippen MR) is 105 cm³/mol. The van der Waals surface area contributed by atoms with Crippen LogP contribution < -0.4 is 5.32 Å². The maximum absolute atomic E-state index is 10.2. The van der Waals surface area contributed by atoms with Gasteiger partial charge in [-0.3, -0.25) is 4.57 Å². The first kappa shape index (κ1) is 18.5. The van der Waals surface area contributed by atoms with E-state index in [1.165, 1.54) is 17.2 Å². The van der Waals surface area contributed by atoms with Crippen LogP contribution in [0.3, 0.4) is 0 Å². The monoisotopic (exact) mass is 483 g/mol. The number of fused-ring (bicyclic) bond motifs is 1. The van der Waals surface area contributed by atoms with Crippen LogP contribution in [0.4, 0.5) is 5.82 Å². The van der Waals surface area contributed by atoms with Gasteiger partial charge in [-0.25, -0.2) is 15.0 Å². The van der Waals surface area contributed by atoms with Gasteiger partial charge in [-0.1, -0.05) is 18.2 Å². The molecular weight excluding hydrogens is 465 g/mol. The van der Waals surface area contributed by atoms with Crippen molar-refractivity contribution in [3.63, 3.8) is 0 Å². The highest BCUT2D eigenvalue weighted by molar-refractivity contribution is 14.1. The van der Waals surface area contributed by atoms with Gasteiger partial charge in [0.05, 0.1) is 12.9 Å². The second-order valence-electron chi connectivity index (χ2n) is 6.22. The lowest BCUT2D eigenvalue weighted by Crippen LogP contribution is -2.33. The first-order chi connectivity index (χ1) is 13.1. The SMILES string of the molecule is OC[C@H]1OC(n2cnc3c(NCc4ccccc4I)ncnc32)[C@@H](O)[C@@H]1O. The van der Waals surface area contributed by atoms with Crippen LogP contribution >= 0.6 is 22.6 Å². The zero-order chi connectivity index (χ0) is 19.0. The Morgan fingerprint density at radius 2 is 1.96 bits per heavy atom. The van der Waals surface area contributed by atoms with Crippen LogP contribution in [0.25, 0.3) is 11.2 Å². The van der Waals surface area contributed by atoms with E-state index in [1.54, 1.807) is 0 Å². The molecule has 1 saturated heterocycles. The molecule has 3 aromatic rings. The van der Waals surface area contributed by atoms with Crippen molar-refractivity contribution in [2.24, 2.45) is 0 Å². The fourth-order valence-corrected chi connectivity index (χ4v) is 3.68. The summed E-state index contributed by atoms with van der Waals surface area (Å²) in [7, 11) is 0. The molecule has 2 aromatic heterocycles. The molecule has 0 radical (unpaired) electrons. The van der Waals surface area contributed by atoms with Crippen molar-refractivity contribution in [2.45, 2.75) is 31.1 Å². The van der Waals surface area contributed by atoms with Crippen LogP contribution in [-0.2, 0) is 11.3 Å². The first-order valence-electron chi connectivity index (χ1n) is 8.37. The molecule has 10 heteroatoms. The number of halogens is 1. The number of nitrogens with one attached hydrogen (secondary N) is 1. The summed E-state index contributed by atoms with van der Waals surface area (Å²) < 4.78 is 8.25. The van der Waals surface area contributed by atoms with Gasteiger partial charge in [0.2, 0.25) is 0 Å². The number of rotatable bonds is 5. The van der Waals surface area contributed by atoms with Crippen LogP contribution in [0.1, 0.15) is 11.8 Å². The minimum atomic E-state index is -1.20. The van der Waals surface area contributed by atoms with Gasteiger partial charge in [0.15, 0.2) is 23.2 Å². The molecule has 0 amide bonds. The Morgan fingerprint density at radius 1 is 1.15 bits per heavy atom. The Labute approximate surface area is 168 Å². The molecule has 27 heavy (non-hydrogen) atoms. The topological polar surface area (TPSA) is 126 Å². The lowest BCUT2D eigenvalue weighted by molar-refractivity contribution is -0.0511. The Morgan fingerprint density at radius 3 is 2.70 bits per heavy atom. The largest absolute Gasteiger partial charge is 0.394 e. The Kier molecular flexibility index (Phi) is 5.23. The highest BCUT2D eigenvalue weighted by Gasteiger charge is 2.44. The summed E-state index contributed by atoms with van der Waals surface area (Å²) >= 11 is 2.28. The Balaban J connectivity index is 1.61. The van der Waals surface area contributed by atoms with Crippen molar-refractivity contribution in [3.05, 3.63) is 46.1 Å². The highest BCUT2D eigenvalue weighted by Crippen LogP contribution is 2.32. The first-order valence-corrected chi connectivity index (χ1v) is 9.45. The van der Waals surface area contributed by atoms with Gasteiger partial charge in [-0.15, -0.1) is 0 Å². The number of benzene rings is 1. The van der Waals surface area contributed by atoms with E-state index in [4.69, 9.17) is 4.74 Å². The lowest BCUT2D eigenvalue weighted by atomic mass is 10.1. The molecule has 4 atom stereocenters. The van der Waals surface area contributed by atoms with Crippen molar-refractivity contribution in [2.75, 3.05) is 11.9 Å². The van der Waals surface area contributed by atoms with Gasteiger partial charge < -0.3 is 25.4 Å². The summed E-state index contributed by atoms with van der Waals surface area (Å²) in [6.07, 6.45) is -1.24. The molecule has 9 nitrogen and oxygen atoms in total. The molecule has 0 spiro atoms. The van der Waals surface area contributed by atoms with Gasteiger partial charge in [0.1, 0.15) is 24.6 Å². The fraction of sp³-hybridized carbons (Fsp3) is 0.353. The van der Waals surface area contributed by atoms with Gasteiger partial charge >= 0.3 is 0 Å². The molecule has 1 unspecified atom stereocenters. The number of aromatic nitrogens is 4. The van der Waals surface area contributed by atoms with Crippen molar-refractivity contribution in [1.29, 1.82) is 0 Å². The molecule has 1 aliphatic heterocycles. The Bertz CT molecular complexity index is 952. The van der Waals surface area contributed by atoms with Gasteiger partial charge in [-0.2, -0.15) is 0 Å². The van der Waals surface area contributed by atoms with Gasteiger partial charge in [0, 0.05) is 10.1 Å². The molecule has 4 N–H and O–H groups in total. The maximum atomic E-state index is 10.2. The van der Waals surface area contributed by atoms with Crippen LogP contribution in [0.2, 0.25) is 0 Å². The summed E-state index contributed by atoms with van der Waals surface area (Å²) in [5.74, 6) is 0.560. The normalized spacial score (nSPS) is 25.2.